The summed E-state index contributed by atoms with van der Waals surface area (Å²) < 4.78 is 34.4. The Morgan fingerprint density at radius 3 is 2.29 bits per heavy atom. The zero-order chi connectivity index (χ0) is 30.4. The largest absolute Gasteiger partial charge is 0.497 e. The smallest absolute Gasteiger partial charge is 0.264 e. The van der Waals surface area contributed by atoms with Gasteiger partial charge in [0.25, 0.3) is 10.0 Å². The van der Waals surface area contributed by atoms with Crippen molar-refractivity contribution in [2.75, 3.05) is 18.0 Å². The van der Waals surface area contributed by atoms with Gasteiger partial charge in [0.05, 0.1) is 17.7 Å². The van der Waals surface area contributed by atoms with E-state index in [1.165, 1.54) is 23.1 Å². The molecule has 1 N–H and O–H groups in total. The van der Waals surface area contributed by atoms with E-state index in [4.69, 9.17) is 16.3 Å². The van der Waals surface area contributed by atoms with Crippen molar-refractivity contribution in [3.05, 3.63) is 88.9 Å². The first-order valence-electron chi connectivity index (χ1n) is 13.3. The van der Waals surface area contributed by atoms with Crippen LogP contribution in [0.5, 0.6) is 5.75 Å². The van der Waals surface area contributed by atoms with Crippen molar-refractivity contribution >= 4 is 39.1 Å². The molecular formula is C31H38ClN3O5S. The molecule has 0 aromatic heterocycles. The summed E-state index contributed by atoms with van der Waals surface area (Å²) in [6, 6.07) is 19.2. The first-order chi connectivity index (χ1) is 19.3. The lowest BCUT2D eigenvalue weighted by Gasteiger charge is -2.35. The number of aryl methyl sites for hydroxylation is 1. The molecule has 0 unspecified atom stereocenters. The lowest BCUT2D eigenvalue weighted by molar-refractivity contribution is -0.141. The number of amides is 2. The number of carbonyl (C=O) groups excluding carboxylic acids is 2. The Morgan fingerprint density at radius 2 is 1.68 bits per heavy atom. The van der Waals surface area contributed by atoms with Crippen molar-refractivity contribution in [3.63, 3.8) is 0 Å². The van der Waals surface area contributed by atoms with Gasteiger partial charge >= 0.3 is 0 Å². The molecule has 3 aromatic carbocycles. The van der Waals surface area contributed by atoms with Gasteiger partial charge in [0, 0.05) is 17.1 Å². The molecule has 10 heteroatoms. The molecule has 0 aliphatic heterocycles. The Morgan fingerprint density at radius 1 is 1.00 bits per heavy atom. The fourth-order valence-electron chi connectivity index (χ4n) is 4.42. The number of nitrogens with zero attached hydrogens (tertiary/aromatic N) is 2. The highest BCUT2D eigenvalue weighted by atomic mass is 35.5. The molecular weight excluding hydrogens is 562 g/mol. The summed E-state index contributed by atoms with van der Waals surface area (Å²) in [5.41, 5.74) is 1.10. The SMILES string of the molecule is CC[C@@H](C(=O)NC(C)(C)C)N(Cc1cccc(OC)c1)C(=O)CN(c1cc(Cl)ccc1C)S(=O)(=O)c1ccccc1. The molecule has 0 aliphatic rings. The van der Waals surface area contributed by atoms with Crippen LogP contribution < -0.4 is 14.4 Å². The van der Waals surface area contributed by atoms with Crippen molar-refractivity contribution in [1.29, 1.82) is 0 Å². The number of benzene rings is 3. The van der Waals surface area contributed by atoms with Crippen LogP contribution in [-0.2, 0) is 26.2 Å². The van der Waals surface area contributed by atoms with E-state index in [0.29, 0.717) is 22.8 Å². The van der Waals surface area contributed by atoms with Gasteiger partial charge in [-0.15, -0.1) is 0 Å². The third-order valence-corrected chi connectivity index (χ3v) is 8.43. The zero-order valence-electron chi connectivity index (χ0n) is 24.3. The van der Waals surface area contributed by atoms with E-state index in [2.05, 4.69) is 5.32 Å². The molecule has 41 heavy (non-hydrogen) atoms. The molecule has 0 spiro atoms. The van der Waals surface area contributed by atoms with E-state index in [1.54, 1.807) is 62.6 Å². The number of hydrogen-bond acceptors (Lipinski definition) is 5. The minimum absolute atomic E-state index is 0.0315. The molecule has 0 aliphatic carbocycles. The van der Waals surface area contributed by atoms with Gasteiger partial charge in [-0.3, -0.25) is 13.9 Å². The summed E-state index contributed by atoms with van der Waals surface area (Å²) in [6.45, 7) is 8.69. The molecule has 1 atom stereocenters. The van der Waals surface area contributed by atoms with Gasteiger partial charge in [-0.25, -0.2) is 8.42 Å². The van der Waals surface area contributed by atoms with Crippen LogP contribution in [0.1, 0.15) is 45.2 Å². The summed E-state index contributed by atoms with van der Waals surface area (Å²) in [5, 5.41) is 3.29. The van der Waals surface area contributed by atoms with Gasteiger partial charge in [0.2, 0.25) is 11.8 Å². The predicted octanol–water partition coefficient (Wildman–Crippen LogP) is 5.57. The molecule has 0 fully saturated rings. The standard InChI is InChI=1S/C31H38ClN3O5S/c1-7-27(30(37)33-31(3,4)5)34(20-23-12-11-13-25(18-23)40-6)29(36)21-35(28-19-24(32)17-16-22(28)2)41(38,39)26-14-9-8-10-15-26/h8-19,27H,7,20-21H2,1-6H3,(H,33,37)/t27-/m0/s1. The summed E-state index contributed by atoms with van der Waals surface area (Å²) >= 11 is 6.29. The Labute approximate surface area is 248 Å². The van der Waals surface area contributed by atoms with E-state index < -0.39 is 34.1 Å². The number of hydrogen-bond donors (Lipinski definition) is 1. The zero-order valence-corrected chi connectivity index (χ0v) is 25.9. The normalized spacial score (nSPS) is 12.4. The second-order valence-corrected chi connectivity index (χ2v) is 13.1. The number of anilines is 1. The lowest BCUT2D eigenvalue weighted by Crippen LogP contribution is -2.55. The van der Waals surface area contributed by atoms with Crippen LogP contribution in [0.4, 0.5) is 5.69 Å². The highest BCUT2D eigenvalue weighted by Crippen LogP contribution is 2.30. The van der Waals surface area contributed by atoms with Crippen molar-refractivity contribution in [2.45, 2.75) is 64.1 Å². The van der Waals surface area contributed by atoms with Crippen LogP contribution >= 0.6 is 11.6 Å². The van der Waals surface area contributed by atoms with Crippen LogP contribution in [0.15, 0.2) is 77.7 Å². The average molecular weight is 600 g/mol. The molecule has 3 aromatic rings. The van der Waals surface area contributed by atoms with Crippen molar-refractivity contribution in [1.82, 2.24) is 10.2 Å². The predicted molar refractivity (Wildman–Crippen MR) is 163 cm³/mol. The van der Waals surface area contributed by atoms with E-state index in [0.717, 1.165) is 9.87 Å². The maximum absolute atomic E-state index is 14.2. The fourth-order valence-corrected chi connectivity index (χ4v) is 6.08. The first kappa shape index (κ1) is 32.0. The van der Waals surface area contributed by atoms with Gasteiger partial charge < -0.3 is 15.0 Å². The summed E-state index contributed by atoms with van der Waals surface area (Å²) in [4.78, 5) is 29.1. The lowest BCUT2D eigenvalue weighted by atomic mass is 10.1. The topological polar surface area (TPSA) is 96.0 Å². The Kier molecular flexibility index (Phi) is 10.4. The number of halogens is 1. The summed E-state index contributed by atoms with van der Waals surface area (Å²) in [5.74, 6) is -0.264. The van der Waals surface area contributed by atoms with Gasteiger partial charge in [0.15, 0.2) is 0 Å². The van der Waals surface area contributed by atoms with Crippen LogP contribution in [0.3, 0.4) is 0 Å². The molecule has 0 saturated carbocycles. The molecule has 2 amide bonds. The summed E-state index contributed by atoms with van der Waals surface area (Å²) in [6.07, 6.45) is 0.319. The van der Waals surface area contributed by atoms with Gasteiger partial charge in [-0.1, -0.05) is 54.9 Å². The van der Waals surface area contributed by atoms with Crippen molar-refractivity contribution < 1.29 is 22.7 Å². The molecule has 0 bridgehead atoms. The van der Waals surface area contributed by atoms with Crippen LogP contribution in [-0.4, -0.2) is 50.4 Å². The average Bonchev–Trinajstić information content (AvgIpc) is 2.92. The molecule has 8 nitrogen and oxygen atoms in total. The number of methoxy groups -OCH3 is 1. The molecule has 0 saturated heterocycles. The molecule has 3 rings (SSSR count). The molecule has 0 heterocycles. The van der Waals surface area contributed by atoms with Crippen LogP contribution in [0, 0.1) is 6.92 Å². The quantitative estimate of drug-likeness (QED) is 0.311. The third-order valence-electron chi connectivity index (χ3n) is 6.42. The minimum Gasteiger partial charge on any atom is -0.497 e. The van der Waals surface area contributed by atoms with E-state index in [1.807, 2.05) is 33.8 Å². The van der Waals surface area contributed by atoms with Gasteiger partial charge in [-0.2, -0.15) is 0 Å². The first-order valence-corrected chi connectivity index (χ1v) is 15.2. The van der Waals surface area contributed by atoms with E-state index >= 15 is 0 Å². The highest BCUT2D eigenvalue weighted by molar-refractivity contribution is 7.92. The Hall–Kier alpha value is -3.56. The second kappa shape index (κ2) is 13.4. The number of nitrogens with one attached hydrogen (secondary N) is 1. The number of sulfonamides is 1. The number of ether oxygens (including phenoxy) is 1. The second-order valence-electron chi connectivity index (χ2n) is 10.8. The van der Waals surface area contributed by atoms with Crippen LogP contribution in [0.2, 0.25) is 5.02 Å². The number of carbonyl (C=O) groups is 2. The fraction of sp³-hybridized carbons (Fsp3) is 0.355. The maximum Gasteiger partial charge on any atom is 0.264 e. The number of rotatable bonds is 11. The van der Waals surface area contributed by atoms with Gasteiger partial charge in [-0.05, 0) is 81.6 Å². The molecule has 220 valence electrons. The Balaban J connectivity index is 2.11. The van der Waals surface area contributed by atoms with Crippen molar-refractivity contribution in [2.24, 2.45) is 0 Å². The van der Waals surface area contributed by atoms with E-state index in [9.17, 15) is 18.0 Å². The minimum atomic E-state index is -4.18. The molecule has 0 radical (unpaired) electrons. The highest BCUT2D eigenvalue weighted by Gasteiger charge is 2.35. The van der Waals surface area contributed by atoms with E-state index in [-0.39, 0.29) is 23.0 Å². The van der Waals surface area contributed by atoms with Crippen molar-refractivity contribution in [3.8, 4) is 5.75 Å². The summed E-state index contributed by atoms with van der Waals surface area (Å²) in [7, 11) is -2.63. The van der Waals surface area contributed by atoms with Crippen LogP contribution in [0.25, 0.3) is 0 Å². The van der Waals surface area contributed by atoms with Gasteiger partial charge in [0.1, 0.15) is 18.3 Å². The monoisotopic (exact) mass is 599 g/mol. The Bertz CT molecular complexity index is 1470. The third kappa shape index (κ3) is 8.24. The maximum atomic E-state index is 14.2.